The highest BCUT2D eigenvalue weighted by Gasteiger charge is 2.39. The minimum Gasteiger partial charge on any atom is -0.494 e. The number of benzene rings is 1. The lowest BCUT2D eigenvalue weighted by atomic mass is 10.1. The highest BCUT2D eigenvalue weighted by Crippen LogP contribution is 2.32. The molecule has 1 heterocycles. The first-order valence-corrected chi connectivity index (χ1v) is 8.71. The molecule has 1 atom stereocenters. The molecule has 1 aromatic carbocycles. The van der Waals surface area contributed by atoms with Crippen LogP contribution in [-0.2, 0) is 0 Å². The van der Waals surface area contributed by atoms with Gasteiger partial charge in [-0.25, -0.2) is 9.97 Å². The molecule has 0 amide bonds. The maximum Gasteiger partial charge on any atom is 0.418 e. The van der Waals surface area contributed by atoms with Crippen molar-refractivity contribution in [2.24, 2.45) is 0 Å². The normalized spacial score (nSPS) is 12.8. The third-order valence-corrected chi connectivity index (χ3v) is 3.93. The summed E-state index contributed by atoms with van der Waals surface area (Å²) >= 11 is 0. The number of ether oxygens (including phenoxy) is 1. The van der Waals surface area contributed by atoms with Crippen LogP contribution in [0.4, 0.5) is 13.2 Å². The molecular weight excluding hydrogens is 345 g/mol. The van der Waals surface area contributed by atoms with E-state index in [-0.39, 0.29) is 11.4 Å². The predicted molar refractivity (Wildman–Crippen MR) is 92.7 cm³/mol. The van der Waals surface area contributed by atoms with Crippen molar-refractivity contribution in [1.82, 2.24) is 9.97 Å². The summed E-state index contributed by atoms with van der Waals surface area (Å²) in [6.07, 6.45) is 0.486. The van der Waals surface area contributed by atoms with Gasteiger partial charge in [0.1, 0.15) is 5.75 Å². The van der Waals surface area contributed by atoms with Crippen molar-refractivity contribution >= 4 is 0 Å². The van der Waals surface area contributed by atoms with E-state index in [1.165, 1.54) is 19.3 Å². The van der Waals surface area contributed by atoms with E-state index in [1.54, 1.807) is 24.3 Å². The number of nitrogens with zero attached hydrogens (tertiary/aromatic N) is 2. The lowest BCUT2D eigenvalue weighted by Crippen LogP contribution is -2.20. The van der Waals surface area contributed by atoms with Gasteiger partial charge in [0.25, 0.3) is 0 Å². The third-order valence-electron chi connectivity index (χ3n) is 3.93. The van der Waals surface area contributed by atoms with Gasteiger partial charge in [-0.1, -0.05) is 32.6 Å². The summed E-state index contributed by atoms with van der Waals surface area (Å²) in [5.41, 5.74) is 0.276. The molecule has 1 aromatic heterocycles. The molecule has 0 aliphatic heterocycles. The Morgan fingerprint density at radius 1 is 1.00 bits per heavy atom. The average Bonchev–Trinajstić information content (AvgIpc) is 2.64. The quantitative estimate of drug-likeness (QED) is 0.627. The zero-order chi connectivity index (χ0) is 19.0. The zero-order valence-electron chi connectivity index (χ0n) is 14.7. The first-order chi connectivity index (χ1) is 12.4. The van der Waals surface area contributed by atoms with Crippen LogP contribution in [0.2, 0.25) is 0 Å². The number of hydrogen-bond acceptors (Lipinski definition) is 4. The molecule has 0 spiro atoms. The number of hydrogen-bond donors (Lipinski definition) is 1. The largest absolute Gasteiger partial charge is 0.494 e. The first kappa shape index (κ1) is 20.2. The van der Waals surface area contributed by atoms with E-state index in [2.05, 4.69) is 16.9 Å². The van der Waals surface area contributed by atoms with Crippen molar-refractivity contribution in [1.29, 1.82) is 0 Å². The summed E-state index contributed by atoms with van der Waals surface area (Å²) < 4.78 is 43.1. The van der Waals surface area contributed by atoms with E-state index >= 15 is 0 Å². The topological polar surface area (TPSA) is 55.2 Å². The van der Waals surface area contributed by atoms with E-state index < -0.39 is 12.3 Å². The monoisotopic (exact) mass is 368 g/mol. The van der Waals surface area contributed by atoms with Gasteiger partial charge in [0, 0.05) is 23.5 Å². The van der Waals surface area contributed by atoms with Crippen LogP contribution in [-0.4, -0.2) is 27.9 Å². The maximum atomic E-state index is 12.5. The van der Waals surface area contributed by atoms with Crippen molar-refractivity contribution in [2.45, 2.75) is 51.3 Å². The van der Waals surface area contributed by atoms with Gasteiger partial charge in [0.15, 0.2) is 11.9 Å². The Morgan fingerprint density at radius 2 is 1.62 bits per heavy atom. The Morgan fingerprint density at radius 3 is 2.19 bits per heavy atom. The summed E-state index contributed by atoms with van der Waals surface area (Å²) in [4.78, 5) is 7.81. The number of alkyl halides is 3. The summed E-state index contributed by atoms with van der Waals surface area (Å²) in [5, 5.41) is 9.18. The molecule has 1 N–H and O–H groups in total. The zero-order valence-corrected chi connectivity index (χ0v) is 14.7. The molecule has 0 aliphatic carbocycles. The van der Waals surface area contributed by atoms with Crippen LogP contribution in [0, 0.1) is 0 Å². The van der Waals surface area contributed by atoms with Crippen LogP contribution in [0.15, 0.2) is 36.7 Å². The fraction of sp³-hybridized carbons (Fsp3) is 0.474. The lowest BCUT2D eigenvalue weighted by Gasteiger charge is -2.14. The van der Waals surface area contributed by atoms with Gasteiger partial charge >= 0.3 is 6.18 Å². The highest BCUT2D eigenvalue weighted by molar-refractivity contribution is 5.55. The molecule has 0 bridgehead atoms. The fourth-order valence-electron chi connectivity index (χ4n) is 2.41. The predicted octanol–water partition coefficient (Wildman–Crippen LogP) is 5.09. The molecule has 4 nitrogen and oxygen atoms in total. The van der Waals surface area contributed by atoms with Gasteiger partial charge in [-0.15, -0.1) is 0 Å². The Kier molecular flexibility index (Phi) is 7.38. The van der Waals surface area contributed by atoms with Crippen LogP contribution >= 0.6 is 0 Å². The minimum atomic E-state index is -4.74. The maximum absolute atomic E-state index is 12.5. The highest BCUT2D eigenvalue weighted by atomic mass is 19.4. The van der Waals surface area contributed by atoms with Crippen LogP contribution in [0.3, 0.4) is 0 Å². The van der Waals surface area contributed by atoms with Gasteiger partial charge in [-0.2, -0.15) is 13.2 Å². The van der Waals surface area contributed by atoms with Gasteiger partial charge in [-0.3, -0.25) is 0 Å². The fourth-order valence-corrected chi connectivity index (χ4v) is 2.41. The summed E-state index contributed by atoms with van der Waals surface area (Å²) in [6.45, 7) is 2.83. The van der Waals surface area contributed by atoms with Crippen LogP contribution in [0.5, 0.6) is 5.75 Å². The molecule has 0 radical (unpaired) electrons. The summed E-state index contributed by atoms with van der Waals surface area (Å²) in [7, 11) is 0. The minimum absolute atomic E-state index is 0.286. The van der Waals surface area contributed by atoms with Crippen LogP contribution < -0.4 is 4.74 Å². The van der Waals surface area contributed by atoms with Crippen LogP contribution in [0.1, 0.15) is 50.7 Å². The Bertz CT molecular complexity index is 658. The van der Waals surface area contributed by atoms with E-state index in [9.17, 15) is 18.3 Å². The van der Waals surface area contributed by atoms with Crippen molar-refractivity contribution in [3.8, 4) is 17.1 Å². The lowest BCUT2D eigenvalue weighted by molar-refractivity contribution is -0.206. The number of aliphatic hydroxyl groups is 1. The number of halogens is 3. The molecular formula is C19H23F3N2O2. The third kappa shape index (κ3) is 5.98. The van der Waals surface area contributed by atoms with Crippen molar-refractivity contribution in [3.63, 3.8) is 0 Å². The SMILES string of the molecule is CCCCCCCOc1ccc(-c2ncc(C(O)C(F)(F)F)cn2)cc1. The summed E-state index contributed by atoms with van der Waals surface area (Å²) in [5.74, 6) is 1.02. The van der Waals surface area contributed by atoms with Crippen molar-refractivity contribution in [3.05, 3.63) is 42.2 Å². The molecule has 2 aromatic rings. The number of aliphatic hydroxyl groups excluding tert-OH is 1. The number of unbranched alkanes of at least 4 members (excludes halogenated alkanes) is 4. The van der Waals surface area contributed by atoms with E-state index in [1.807, 2.05) is 0 Å². The molecule has 0 saturated carbocycles. The molecule has 0 aliphatic rings. The Hall–Kier alpha value is -2.15. The molecule has 7 heteroatoms. The summed E-state index contributed by atoms with van der Waals surface area (Å²) in [6, 6.07) is 7.07. The molecule has 142 valence electrons. The second-order valence-corrected chi connectivity index (χ2v) is 6.07. The van der Waals surface area contributed by atoms with E-state index in [0.717, 1.165) is 31.0 Å². The molecule has 1 unspecified atom stereocenters. The number of aromatic nitrogens is 2. The second kappa shape index (κ2) is 9.52. The second-order valence-electron chi connectivity index (χ2n) is 6.07. The van der Waals surface area contributed by atoms with E-state index in [0.29, 0.717) is 12.2 Å². The number of rotatable bonds is 9. The van der Waals surface area contributed by atoms with Gasteiger partial charge in [0.2, 0.25) is 0 Å². The molecule has 2 rings (SSSR count). The molecule has 0 saturated heterocycles. The first-order valence-electron chi connectivity index (χ1n) is 8.71. The molecule has 0 fully saturated rings. The Balaban J connectivity index is 1.90. The Labute approximate surface area is 151 Å². The van der Waals surface area contributed by atoms with E-state index in [4.69, 9.17) is 4.74 Å². The van der Waals surface area contributed by atoms with Gasteiger partial charge < -0.3 is 9.84 Å². The van der Waals surface area contributed by atoms with Crippen molar-refractivity contribution < 1.29 is 23.0 Å². The smallest absolute Gasteiger partial charge is 0.418 e. The molecule has 26 heavy (non-hydrogen) atoms. The van der Waals surface area contributed by atoms with Crippen LogP contribution in [0.25, 0.3) is 11.4 Å². The van der Waals surface area contributed by atoms with Gasteiger partial charge in [-0.05, 0) is 30.7 Å². The average molecular weight is 368 g/mol. The van der Waals surface area contributed by atoms with Gasteiger partial charge in [0.05, 0.1) is 6.61 Å². The standard InChI is InChI=1S/C19H23F3N2O2/c1-2-3-4-5-6-11-26-16-9-7-14(8-10-16)18-23-12-15(13-24-18)17(25)19(20,21)22/h7-10,12-13,17,25H,2-6,11H2,1H3. The van der Waals surface area contributed by atoms with Crippen molar-refractivity contribution in [2.75, 3.05) is 6.61 Å².